The topological polar surface area (TPSA) is 29.9 Å². The Bertz CT molecular complexity index is 593. The number of rotatable bonds is 0. The number of fused-ring (bicyclic) bond motifs is 3. The first kappa shape index (κ1) is 9.46. The van der Waals surface area contributed by atoms with Crippen LogP contribution in [0.25, 0.3) is 17.1 Å². The van der Waals surface area contributed by atoms with Crippen molar-refractivity contribution in [1.82, 2.24) is 9.55 Å². The minimum Gasteiger partial charge on any atom is -0.376 e. The van der Waals surface area contributed by atoms with Gasteiger partial charge in [-0.15, -0.1) is 0 Å². The molecule has 1 atom stereocenters. The molecule has 82 valence electrons. The first-order valence-electron chi connectivity index (χ1n) is 5.57. The van der Waals surface area contributed by atoms with Crippen molar-refractivity contribution >= 4 is 22.8 Å². The molecule has 0 radical (unpaired) electrons. The summed E-state index contributed by atoms with van der Waals surface area (Å²) in [6.45, 7) is 4.18. The molecule has 1 N–H and O–H groups in total. The van der Waals surface area contributed by atoms with E-state index in [4.69, 9.17) is 0 Å². The Kier molecular flexibility index (Phi) is 1.84. The van der Waals surface area contributed by atoms with Gasteiger partial charge in [0.25, 0.3) is 0 Å². The maximum Gasteiger partial charge on any atom is 0.112 e. The van der Waals surface area contributed by atoms with Crippen molar-refractivity contribution in [2.45, 2.75) is 19.9 Å². The molecule has 2 aromatic rings. The monoisotopic (exact) mass is 213 g/mol. The van der Waals surface area contributed by atoms with Crippen molar-refractivity contribution in [3.63, 3.8) is 0 Å². The van der Waals surface area contributed by atoms with Gasteiger partial charge in [-0.05, 0) is 32.1 Å². The van der Waals surface area contributed by atoms with Gasteiger partial charge in [0.2, 0.25) is 0 Å². The van der Waals surface area contributed by atoms with Gasteiger partial charge in [0.05, 0.1) is 16.9 Å². The van der Waals surface area contributed by atoms with Gasteiger partial charge in [0.15, 0.2) is 0 Å². The van der Waals surface area contributed by atoms with E-state index in [1.54, 1.807) is 0 Å². The number of nitrogens with one attached hydrogen (secondary N) is 1. The Labute approximate surface area is 94.8 Å². The zero-order chi connectivity index (χ0) is 11.3. The summed E-state index contributed by atoms with van der Waals surface area (Å²) in [6.07, 6.45) is 4.35. The molecular weight excluding hydrogens is 198 g/mol. The molecule has 3 nitrogen and oxygen atoms in total. The minimum absolute atomic E-state index is 0.375. The molecule has 0 saturated heterocycles. The Morgan fingerprint density at radius 2 is 2.19 bits per heavy atom. The number of aryl methyl sites for hydroxylation is 2. The van der Waals surface area contributed by atoms with Crippen molar-refractivity contribution in [1.29, 1.82) is 0 Å². The molecule has 16 heavy (non-hydrogen) atoms. The summed E-state index contributed by atoms with van der Waals surface area (Å²) in [5, 5.41) is 3.48. The van der Waals surface area contributed by atoms with Crippen LogP contribution >= 0.6 is 0 Å². The summed E-state index contributed by atoms with van der Waals surface area (Å²) in [5.74, 6) is 0. The SMILES string of the molecule is Cc1ccc2c(n1)c1c(n2C)C=CC(C)N1. The minimum atomic E-state index is 0.375. The molecule has 0 amide bonds. The highest BCUT2D eigenvalue weighted by Crippen LogP contribution is 2.32. The highest BCUT2D eigenvalue weighted by molar-refractivity contribution is 5.96. The largest absolute Gasteiger partial charge is 0.376 e. The summed E-state index contributed by atoms with van der Waals surface area (Å²) in [4.78, 5) is 4.63. The molecule has 0 fully saturated rings. The number of aromatic nitrogens is 2. The third kappa shape index (κ3) is 1.18. The lowest BCUT2D eigenvalue weighted by Gasteiger charge is -2.16. The van der Waals surface area contributed by atoms with Crippen molar-refractivity contribution < 1.29 is 0 Å². The van der Waals surface area contributed by atoms with Gasteiger partial charge in [0.1, 0.15) is 5.52 Å². The summed E-state index contributed by atoms with van der Waals surface area (Å²) < 4.78 is 2.19. The van der Waals surface area contributed by atoms with E-state index in [2.05, 4.69) is 53.1 Å². The van der Waals surface area contributed by atoms with Crippen LogP contribution in [0.2, 0.25) is 0 Å². The van der Waals surface area contributed by atoms with Crippen LogP contribution in [0.3, 0.4) is 0 Å². The van der Waals surface area contributed by atoms with Gasteiger partial charge < -0.3 is 9.88 Å². The summed E-state index contributed by atoms with van der Waals surface area (Å²) in [5.41, 5.74) is 5.70. The highest BCUT2D eigenvalue weighted by atomic mass is 15.0. The van der Waals surface area contributed by atoms with Crippen LogP contribution in [-0.2, 0) is 7.05 Å². The van der Waals surface area contributed by atoms with Crippen molar-refractivity contribution in [3.05, 3.63) is 29.6 Å². The first-order valence-corrected chi connectivity index (χ1v) is 5.57. The summed E-state index contributed by atoms with van der Waals surface area (Å²) in [7, 11) is 2.08. The Morgan fingerprint density at radius 1 is 1.38 bits per heavy atom. The second-order valence-electron chi connectivity index (χ2n) is 4.43. The van der Waals surface area contributed by atoms with E-state index in [0.717, 1.165) is 16.9 Å². The standard InChI is InChI=1S/C13H15N3/c1-8-4-6-10-12(14-8)13-11(16(10)3)7-5-9(2)15-13/h4-8,14H,1-3H3. The molecule has 0 aliphatic carbocycles. The third-order valence-corrected chi connectivity index (χ3v) is 3.14. The van der Waals surface area contributed by atoms with Gasteiger partial charge in [-0.2, -0.15) is 0 Å². The lowest BCUT2D eigenvalue weighted by molar-refractivity contribution is 0.928. The first-order chi connectivity index (χ1) is 7.66. The van der Waals surface area contributed by atoms with E-state index in [9.17, 15) is 0 Å². The number of hydrogen-bond acceptors (Lipinski definition) is 2. The van der Waals surface area contributed by atoms with Crippen LogP contribution in [-0.4, -0.2) is 15.6 Å². The smallest absolute Gasteiger partial charge is 0.112 e. The molecule has 0 spiro atoms. The van der Waals surface area contributed by atoms with Gasteiger partial charge in [-0.3, -0.25) is 0 Å². The van der Waals surface area contributed by atoms with E-state index in [1.165, 1.54) is 11.2 Å². The quantitative estimate of drug-likeness (QED) is 0.729. The number of nitrogens with zero attached hydrogens (tertiary/aromatic N) is 2. The molecule has 0 bridgehead atoms. The molecule has 1 aliphatic heterocycles. The zero-order valence-electron chi connectivity index (χ0n) is 9.78. The van der Waals surface area contributed by atoms with Gasteiger partial charge in [0, 0.05) is 18.8 Å². The molecule has 2 aromatic heterocycles. The van der Waals surface area contributed by atoms with Crippen LogP contribution in [0.15, 0.2) is 18.2 Å². The second-order valence-corrected chi connectivity index (χ2v) is 4.43. The fraction of sp³-hybridized carbons (Fsp3) is 0.308. The fourth-order valence-corrected chi connectivity index (χ4v) is 2.27. The van der Waals surface area contributed by atoms with Crippen molar-refractivity contribution in [3.8, 4) is 0 Å². The van der Waals surface area contributed by atoms with E-state index < -0.39 is 0 Å². The second kappa shape index (κ2) is 3.11. The highest BCUT2D eigenvalue weighted by Gasteiger charge is 2.18. The molecule has 1 unspecified atom stereocenters. The Hall–Kier alpha value is -1.77. The maximum atomic E-state index is 4.63. The van der Waals surface area contributed by atoms with Crippen LogP contribution < -0.4 is 5.32 Å². The Morgan fingerprint density at radius 3 is 3.00 bits per heavy atom. The van der Waals surface area contributed by atoms with Gasteiger partial charge in [-0.25, -0.2) is 4.98 Å². The average Bonchev–Trinajstić information content (AvgIpc) is 2.52. The number of hydrogen-bond donors (Lipinski definition) is 1. The van der Waals surface area contributed by atoms with Crippen molar-refractivity contribution in [2.24, 2.45) is 7.05 Å². The number of anilines is 1. The van der Waals surface area contributed by atoms with Gasteiger partial charge >= 0.3 is 0 Å². The van der Waals surface area contributed by atoms with E-state index in [0.29, 0.717) is 6.04 Å². The van der Waals surface area contributed by atoms with E-state index in [1.807, 2.05) is 6.92 Å². The average molecular weight is 213 g/mol. The van der Waals surface area contributed by atoms with Crippen molar-refractivity contribution in [2.75, 3.05) is 5.32 Å². The normalized spacial score (nSPS) is 18.6. The zero-order valence-corrected chi connectivity index (χ0v) is 9.78. The number of pyridine rings is 1. The molecular formula is C13H15N3. The van der Waals surface area contributed by atoms with Crippen LogP contribution in [0, 0.1) is 6.92 Å². The summed E-state index contributed by atoms with van der Waals surface area (Å²) in [6, 6.07) is 4.57. The lowest BCUT2D eigenvalue weighted by atomic mass is 10.1. The Balaban J connectivity index is 2.39. The predicted molar refractivity (Wildman–Crippen MR) is 67.6 cm³/mol. The van der Waals surface area contributed by atoms with E-state index >= 15 is 0 Å². The summed E-state index contributed by atoms with van der Waals surface area (Å²) >= 11 is 0. The molecule has 1 aliphatic rings. The van der Waals surface area contributed by atoms with Crippen LogP contribution in [0.5, 0.6) is 0 Å². The predicted octanol–water partition coefficient (Wildman–Crippen LogP) is 2.71. The molecule has 3 rings (SSSR count). The molecule has 0 saturated carbocycles. The molecule has 3 heteroatoms. The fourth-order valence-electron chi connectivity index (χ4n) is 2.27. The van der Waals surface area contributed by atoms with Crippen LogP contribution in [0.4, 0.5) is 5.69 Å². The third-order valence-electron chi connectivity index (χ3n) is 3.14. The van der Waals surface area contributed by atoms with Gasteiger partial charge in [-0.1, -0.05) is 6.08 Å². The maximum absolute atomic E-state index is 4.63. The molecule has 3 heterocycles. The van der Waals surface area contributed by atoms with Crippen LogP contribution in [0.1, 0.15) is 18.3 Å². The lowest BCUT2D eigenvalue weighted by Crippen LogP contribution is -2.15. The molecule has 0 aromatic carbocycles. The van der Waals surface area contributed by atoms with E-state index in [-0.39, 0.29) is 0 Å².